The summed E-state index contributed by atoms with van der Waals surface area (Å²) in [5.74, 6) is -12.1. The van der Waals surface area contributed by atoms with Crippen LogP contribution in [0.2, 0.25) is 0 Å². The molecule has 1 fully saturated rings. The van der Waals surface area contributed by atoms with Gasteiger partial charge in [0.2, 0.25) is 53.2 Å². The monoisotopic (exact) mass is 1170 g/mol. The standard InChI is InChI=1S/C57H78N12O15/c1-28(2)47(67-54(81)41(23-34-26-60-38-17-12-10-15-36(34)38)65-50(77)30(5)62-52(79)39(19-20-45(73)74)64-56(83)49(58-8)32(7)71)55(82)66-42(24-46(75)76)51(78)61-27-44(72)63-40(22-33-25-59-37-16-11-9-14-35(33)37)53(80)68-48(29(3)4)57(84)69-21-13-18-43(69)31(6)70/h9-12,14-17,25-26,28-30,32,39-43,47-49,58-60,71H,13,18-24,27H2,1-8H3,(H,61,78)(H,62,79)(H,63,72)(H,64,83)(H,65,77)(H,66,82)(H,67,81)(H,68,80)(H,73,74)(H,75,76)/t30-,32+,39-,40-,41-,42-,43-,47?,48?,49?/m0/s1. The molecule has 2 aromatic heterocycles. The third kappa shape index (κ3) is 18.1. The maximum Gasteiger partial charge on any atom is 0.305 e. The van der Waals surface area contributed by atoms with Gasteiger partial charge in [0.25, 0.3) is 0 Å². The van der Waals surface area contributed by atoms with Crippen molar-refractivity contribution in [3.63, 3.8) is 0 Å². The molecule has 456 valence electrons. The molecule has 84 heavy (non-hydrogen) atoms. The molecule has 27 heteroatoms. The number of carboxylic acid groups (broad SMARTS) is 2. The Balaban J connectivity index is 1.31. The average Bonchev–Trinajstić information content (AvgIpc) is 3.75. The number of carboxylic acids is 2. The SMILES string of the molecule is CNC(C(=O)N[C@@H](CCC(=O)O)C(=O)N[C@@H](C)C(=O)N[C@@H](Cc1c[nH]c2ccccc12)C(=O)NC(C(=O)N[C@@H](CC(=O)O)C(=O)NCC(=O)N[C@@H](Cc1c[nH]c2ccccc12)C(=O)NC(C(=O)N1CCC[C@H]1C(C)=O)C(C)C)C(C)C)[C@@H](C)O. The van der Waals surface area contributed by atoms with E-state index in [1.54, 1.807) is 70.4 Å². The van der Waals surface area contributed by atoms with Gasteiger partial charge in [0.05, 0.1) is 25.1 Å². The quantitative estimate of drug-likeness (QED) is 0.0292. The number of aliphatic hydroxyl groups excluding tert-OH is 1. The lowest BCUT2D eigenvalue weighted by Gasteiger charge is -2.31. The van der Waals surface area contributed by atoms with E-state index in [1.165, 1.54) is 32.7 Å². The summed E-state index contributed by atoms with van der Waals surface area (Å²) in [7, 11) is 1.39. The van der Waals surface area contributed by atoms with Crippen LogP contribution in [0.1, 0.15) is 91.7 Å². The highest BCUT2D eigenvalue weighted by molar-refractivity contribution is 6.00. The fourth-order valence-corrected chi connectivity index (χ4v) is 9.89. The van der Waals surface area contributed by atoms with Crippen LogP contribution in [-0.4, -0.2) is 182 Å². The van der Waals surface area contributed by atoms with Crippen LogP contribution in [0.25, 0.3) is 21.8 Å². The van der Waals surface area contributed by atoms with Gasteiger partial charge < -0.3 is 78.0 Å². The number of aromatic amines is 2. The molecule has 0 spiro atoms. The van der Waals surface area contributed by atoms with E-state index in [0.29, 0.717) is 41.4 Å². The van der Waals surface area contributed by atoms with Gasteiger partial charge in [0, 0.05) is 60.0 Å². The minimum atomic E-state index is -1.83. The molecule has 10 atom stereocenters. The van der Waals surface area contributed by atoms with Gasteiger partial charge in [-0.2, -0.15) is 0 Å². The van der Waals surface area contributed by atoms with Crippen LogP contribution in [-0.2, 0) is 70.4 Å². The van der Waals surface area contributed by atoms with Crippen LogP contribution in [0, 0.1) is 11.8 Å². The van der Waals surface area contributed by atoms with Crippen molar-refractivity contribution in [2.75, 3.05) is 20.1 Å². The first-order chi connectivity index (χ1) is 39.7. The Morgan fingerprint density at radius 3 is 1.60 bits per heavy atom. The Hall–Kier alpha value is -8.72. The van der Waals surface area contributed by atoms with Gasteiger partial charge in [-0.1, -0.05) is 64.1 Å². The second-order valence-corrected chi connectivity index (χ2v) is 21.7. The molecule has 0 bridgehead atoms. The Morgan fingerprint density at radius 1 is 0.583 bits per heavy atom. The maximum atomic E-state index is 14.4. The molecule has 1 saturated heterocycles. The van der Waals surface area contributed by atoms with Gasteiger partial charge in [-0.25, -0.2) is 0 Å². The Kier molecular flexibility index (Phi) is 24.0. The molecule has 1 aliphatic rings. The van der Waals surface area contributed by atoms with Gasteiger partial charge in [0.1, 0.15) is 48.3 Å². The van der Waals surface area contributed by atoms with Crippen molar-refractivity contribution in [3.8, 4) is 0 Å². The Bertz CT molecular complexity index is 3060. The summed E-state index contributed by atoms with van der Waals surface area (Å²) in [5, 5.41) is 53.4. The molecule has 3 unspecified atom stereocenters. The van der Waals surface area contributed by atoms with Crippen LogP contribution in [0.3, 0.4) is 0 Å². The molecular weight excluding hydrogens is 1090 g/mol. The number of carbonyl (C=O) groups excluding carboxylic acids is 10. The van der Waals surface area contributed by atoms with Crippen molar-refractivity contribution < 1.29 is 72.9 Å². The van der Waals surface area contributed by atoms with Crippen molar-refractivity contribution in [3.05, 3.63) is 72.1 Å². The molecule has 14 N–H and O–H groups in total. The summed E-state index contributed by atoms with van der Waals surface area (Å²) in [6, 6.07) is 2.35. The number of amides is 9. The summed E-state index contributed by atoms with van der Waals surface area (Å²) >= 11 is 0. The number of para-hydroxylation sites is 2. The molecule has 3 heterocycles. The first-order valence-corrected chi connectivity index (χ1v) is 27.8. The fraction of sp³-hybridized carbons (Fsp3) is 0.509. The molecular formula is C57H78N12O15. The number of carbonyl (C=O) groups is 12. The zero-order chi connectivity index (χ0) is 62.1. The average molecular weight is 1170 g/mol. The van der Waals surface area contributed by atoms with Crippen LogP contribution < -0.4 is 47.9 Å². The molecule has 4 aromatic rings. The van der Waals surface area contributed by atoms with Crippen molar-refractivity contribution in [2.45, 2.75) is 154 Å². The summed E-state index contributed by atoms with van der Waals surface area (Å²) in [6.45, 7) is 10.0. The highest BCUT2D eigenvalue weighted by Crippen LogP contribution is 2.23. The minimum Gasteiger partial charge on any atom is -0.481 e. The summed E-state index contributed by atoms with van der Waals surface area (Å²) in [6.07, 6.45) is 0.936. The largest absolute Gasteiger partial charge is 0.481 e. The van der Waals surface area contributed by atoms with Crippen LogP contribution in [0.5, 0.6) is 0 Å². The number of nitrogens with one attached hydrogen (secondary N) is 11. The number of aliphatic hydroxyl groups is 1. The number of hydrogen-bond donors (Lipinski definition) is 14. The van der Waals surface area contributed by atoms with E-state index in [-0.39, 0.29) is 18.6 Å². The van der Waals surface area contributed by atoms with E-state index in [2.05, 4.69) is 57.8 Å². The number of aromatic nitrogens is 2. The van der Waals surface area contributed by atoms with Crippen molar-refractivity contribution >= 4 is 92.7 Å². The van der Waals surface area contributed by atoms with Crippen molar-refractivity contribution in [2.24, 2.45) is 11.8 Å². The van der Waals surface area contributed by atoms with Crippen molar-refractivity contribution in [1.82, 2.24) is 62.7 Å². The lowest BCUT2D eigenvalue weighted by molar-refractivity contribution is -0.142. The van der Waals surface area contributed by atoms with E-state index < -0.39 is 163 Å². The molecule has 5 rings (SSSR count). The van der Waals surface area contributed by atoms with Gasteiger partial charge >= 0.3 is 11.9 Å². The normalized spacial score (nSPS) is 16.4. The molecule has 9 amide bonds. The predicted octanol–water partition coefficient (Wildman–Crippen LogP) is -0.836. The fourth-order valence-electron chi connectivity index (χ4n) is 9.89. The summed E-state index contributed by atoms with van der Waals surface area (Å²) in [4.78, 5) is 168. The van der Waals surface area contributed by atoms with Gasteiger partial charge in [-0.15, -0.1) is 0 Å². The molecule has 27 nitrogen and oxygen atoms in total. The maximum absolute atomic E-state index is 14.4. The second-order valence-electron chi connectivity index (χ2n) is 21.7. The van der Waals surface area contributed by atoms with Crippen LogP contribution in [0.15, 0.2) is 60.9 Å². The lowest BCUT2D eigenvalue weighted by Crippen LogP contribution is -2.61. The number of likely N-dealkylation sites (tertiary alicyclic amines) is 1. The van der Waals surface area contributed by atoms with E-state index in [4.69, 9.17) is 0 Å². The zero-order valence-corrected chi connectivity index (χ0v) is 48.3. The van der Waals surface area contributed by atoms with Gasteiger partial charge in [-0.3, -0.25) is 57.5 Å². The Labute approximate surface area is 484 Å². The highest BCUT2D eigenvalue weighted by Gasteiger charge is 2.39. The van der Waals surface area contributed by atoms with Crippen LogP contribution in [0.4, 0.5) is 0 Å². The number of benzene rings is 2. The first kappa shape index (κ1) is 66.1. The van der Waals surface area contributed by atoms with Crippen molar-refractivity contribution in [1.29, 1.82) is 0 Å². The summed E-state index contributed by atoms with van der Waals surface area (Å²) < 4.78 is 0. The number of likely N-dealkylation sites (N-methyl/N-ethyl adjacent to an activating group) is 1. The molecule has 2 aromatic carbocycles. The molecule has 0 radical (unpaired) electrons. The smallest absolute Gasteiger partial charge is 0.305 e. The number of hydrogen-bond acceptors (Lipinski definition) is 14. The zero-order valence-electron chi connectivity index (χ0n) is 48.3. The Morgan fingerprint density at radius 2 is 1.08 bits per heavy atom. The second kappa shape index (κ2) is 30.5. The summed E-state index contributed by atoms with van der Waals surface area (Å²) in [5.41, 5.74) is 2.60. The number of aliphatic carboxylic acids is 2. The topological polar surface area (TPSA) is 409 Å². The highest BCUT2D eigenvalue weighted by atomic mass is 16.4. The molecule has 0 aliphatic carbocycles. The number of nitrogens with zero attached hydrogens (tertiary/aromatic N) is 1. The minimum absolute atomic E-state index is 0.0856. The number of fused-ring (bicyclic) bond motifs is 2. The first-order valence-electron chi connectivity index (χ1n) is 27.8. The van der Waals surface area contributed by atoms with Gasteiger partial charge in [0.15, 0.2) is 5.78 Å². The predicted molar refractivity (Wildman–Crippen MR) is 305 cm³/mol. The number of ketones is 1. The van der Waals surface area contributed by atoms with Gasteiger partial charge in [-0.05, 0) is 82.2 Å². The van der Waals surface area contributed by atoms with Crippen LogP contribution >= 0.6 is 0 Å². The number of Topliss-reactive ketones (excluding diaryl/α,β-unsaturated/α-hetero) is 1. The number of H-pyrrole nitrogens is 2. The molecule has 1 aliphatic heterocycles. The lowest BCUT2D eigenvalue weighted by atomic mass is 9.99. The number of rotatable bonds is 31. The van der Waals surface area contributed by atoms with E-state index in [0.717, 1.165) is 10.9 Å². The van der Waals surface area contributed by atoms with E-state index in [9.17, 15) is 72.9 Å². The van der Waals surface area contributed by atoms with E-state index in [1.807, 2.05) is 18.2 Å². The third-order valence-electron chi connectivity index (χ3n) is 14.5. The molecule has 0 saturated carbocycles. The van der Waals surface area contributed by atoms with E-state index >= 15 is 0 Å². The third-order valence-corrected chi connectivity index (χ3v) is 14.5.